The van der Waals surface area contributed by atoms with Crippen molar-refractivity contribution in [1.82, 2.24) is 5.01 Å². The van der Waals surface area contributed by atoms with Crippen molar-refractivity contribution < 1.29 is 14.3 Å². The lowest BCUT2D eigenvalue weighted by atomic mass is 9.78. The molecule has 7 heteroatoms. The number of halogens is 1. The fourth-order valence-corrected chi connectivity index (χ4v) is 3.56. The molecule has 0 bridgehead atoms. The van der Waals surface area contributed by atoms with Gasteiger partial charge in [0.15, 0.2) is 0 Å². The van der Waals surface area contributed by atoms with Gasteiger partial charge in [-0.25, -0.2) is 0 Å². The van der Waals surface area contributed by atoms with E-state index in [1.807, 2.05) is 37.3 Å². The smallest absolute Gasteiger partial charge is 0.320 e. The van der Waals surface area contributed by atoms with E-state index in [0.717, 1.165) is 5.56 Å². The first kappa shape index (κ1) is 20.9. The number of ether oxygens (including phenoxy) is 1. The Morgan fingerprint density at radius 3 is 2.45 bits per heavy atom. The molecule has 1 atom stereocenters. The fraction of sp³-hybridized carbons (Fsp3) is 0.318. The van der Waals surface area contributed by atoms with Crippen molar-refractivity contribution in [2.24, 2.45) is 10.5 Å². The third-order valence-electron chi connectivity index (χ3n) is 4.92. The molecule has 2 aromatic rings. The van der Waals surface area contributed by atoms with E-state index in [2.05, 4.69) is 10.4 Å². The molecule has 0 saturated heterocycles. The molecule has 1 aliphatic heterocycles. The van der Waals surface area contributed by atoms with E-state index in [1.54, 1.807) is 36.2 Å². The van der Waals surface area contributed by atoms with E-state index >= 15 is 0 Å². The zero-order chi connectivity index (χ0) is 20.9. The van der Waals surface area contributed by atoms with Gasteiger partial charge in [0.25, 0.3) is 0 Å². The van der Waals surface area contributed by atoms with Gasteiger partial charge in [-0.05, 0) is 43.2 Å². The second-order valence-electron chi connectivity index (χ2n) is 6.85. The molecule has 0 fully saturated rings. The molecule has 152 valence electrons. The van der Waals surface area contributed by atoms with Gasteiger partial charge < -0.3 is 10.1 Å². The Morgan fingerprint density at radius 2 is 1.83 bits per heavy atom. The minimum absolute atomic E-state index is 0.0279. The van der Waals surface area contributed by atoms with Crippen LogP contribution in [-0.4, -0.2) is 42.3 Å². The fourth-order valence-electron chi connectivity index (χ4n) is 3.43. The van der Waals surface area contributed by atoms with Crippen molar-refractivity contribution in [3.05, 3.63) is 65.2 Å². The summed E-state index contributed by atoms with van der Waals surface area (Å²) in [6.07, 6.45) is 0.523. The zero-order valence-corrected chi connectivity index (χ0v) is 17.3. The number of carbonyl (C=O) groups excluding carboxylic acids is 2. The molecule has 0 aliphatic carbocycles. The number of rotatable bonds is 7. The molecule has 1 unspecified atom stereocenters. The van der Waals surface area contributed by atoms with Crippen LogP contribution < -0.4 is 5.32 Å². The van der Waals surface area contributed by atoms with Gasteiger partial charge in [0.2, 0.25) is 5.91 Å². The molecule has 0 aromatic heterocycles. The van der Waals surface area contributed by atoms with Gasteiger partial charge >= 0.3 is 5.97 Å². The first-order valence-corrected chi connectivity index (χ1v) is 9.98. The van der Waals surface area contributed by atoms with Crippen LogP contribution in [0.1, 0.15) is 25.8 Å². The summed E-state index contributed by atoms with van der Waals surface area (Å²) in [4.78, 5) is 25.4. The highest BCUT2D eigenvalue weighted by atomic mass is 35.5. The van der Waals surface area contributed by atoms with Crippen LogP contribution in [0.4, 0.5) is 5.69 Å². The van der Waals surface area contributed by atoms with Crippen LogP contribution in [0.25, 0.3) is 0 Å². The highest BCUT2D eigenvalue weighted by molar-refractivity contribution is 6.30. The van der Waals surface area contributed by atoms with Gasteiger partial charge in [0.1, 0.15) is 12.0 Å². The summed E-state index contributed by atoms with van der Waals surface area (Å²) in [5.41, 5.74) is 1.23. The Balaban J connectivity index is 1.82. The predicted molar refractivity (Wildman–Crippen MR) is 114 cm³/mol. The molecule has 1 N–H and O–H groups in total. The van der Waals surface area contributed by atoms with Gasteiger partial charge in [-0.15, -0.1) is 0 Å². The van der Waals surface area contributed by atoms with Crippen LogP contribution in [0.15, 0.2) is 59.7 Å². The number of hydrogen-bond donors (Lipinski definition) is 1. The lowest BCUT2D eigenvalue weighted by molar-refractivity contribution is -0.151. The SMILES string of the molecule is CCOC(=O)C1(CC)CN(CC(=O)Nc2ccc(Cl)cc2)N=C1c1ccccc1. The summed E-state index contributed by atoms with van der Waals surface area (Å²) >= 11 is 5.88. The van der Waals surface area contributed by atoms with Crippen molar-refractivity contribution in [3.8, 4) is 0 Å². The molecule has 0 spiro atoms. The maximum atomic E-state index is 12.9. The van der Waals surface area contributed by atoms with Crippen molar-refractivity contribution >= 4 is 34.9 Å². The van der Waals surface area contributed by atoms with E-state index < -0.39 is 5.41 Å². The van der Waals surface area contributed by atoms with Crippen molar-refractivity contribution in [2.75, 3.05) is 25.0 Å². The highest BCUT2D eigenvalue weighted by Gasteiger charge is 2.49. The van der Waals surface area contributed by atoms with E-state index in [1.165, 1.54) is 0 Å². The minimum Gasteiger partial charge on any atom is -0.465 e. The molecule has 29 heavy (non-hydrogen) atoms. The highest BCUT2D eigenvalue weighted by Crippen LogP contribution is 2.36. The van der Waals surface area contributed by atoms with Crippen LogP contribution in [-0.2, 0) is 14.3 Å². The molecule has 3 rings (SSSR count). The maximum Gasteiger partial charge on any atom is 0.320 e. The van der Waals surface area contributed by atoms with Gasteiger partial charge in [0, 0.05) is 10.7 Å². The number of hydrazone groups is 1. The zero-order valence-electron chi connectivity index (χ0n) is 16.5. The Bertz CT molecular complexity index is 899. The topological polar surface area (TPSA) is 71.0 Å². The normalized spacial score (nSPS) is 18.3. The number of esters is 1. The molecule has 0 radical (unpaired) electrons. The lowest BCUT2D eigenvalue weighted by Gasteiger charge is -2.27. The van der Waals surface area contributed by atoms with Crippen LogP contribution in [0.3, 0.4) is 0 Å². The number of hydrogen-bond acceptors (Lipinski definition) is 5. The van der Waals surface area contributed by atoms with Crippen molar-refractivity contribution in [3.63, 3.8) is 0 Å². The van der Waals surface area contributed by atoms with Gasteiger partial charge in [0.05, 0.1) is 18.9 Å². The first-order valence-electron chi connectivity index (χ1n) is 9.60. The Kier molecular flexibility index (Phi) is 6.54. The summed E-state index contributed by atoms with van der Waals surface area (Å²) in [6, 6.07) is 16.4. The Morgan fingerprint density at radius 1 is 1.14 bits per heavy atom. The van der Waals surface area contributed by atoms with Crippen LogP contribution in [0.5, 0.6) is 0 Å². The standard InChI is InChI=1S/C22H24ClN3O3/c1-3-22(21(28)29-4-2)15-26(25-20(22)16-8-6-5-7-9-16)14-19(27)24-18-12-10-17(23)11-13-18/h5-13H,3-4,14-15H2,1-2H3,(H,24,27). The third kappa shape index (κ3) is 4.59. The maximum absolute atomic E-state index is 12.9. The number of carbonyl (C=O) groups is 2. The largest absolute Gasteiger partial charge is 0.465 e. The van der Waals surface area contributed by atoms with Gasteiger partial charge in [-0.2, -0.15) is 5.10 Å². The third-order valence-corrected chi connectivity index (χ3v) is 5.17. The second-order valence-corrected chi connectivity index (χ2v) is 7.28. The van der Waals surface area contributed by atoms with Crippen LogP contribution in [0, 0.1) is 5.41 Å². The quantitative estimate of drug-likeness (QED) is 0.697. The summed E-state index contributed by atoms with van der Waals surface area (Å²) in [5.74, 6) is -0.537. The minimum atomic E-state index is -0.905. The summed E-state index contributed by atoms with van der Waals surface area (Å²) in [6.45, 7) is 4.33. The first-order chi connectivity index (χ1) is 14.0. The number of nitrogens with one attached hydrogen (secondary N) is 1. The van der Waals surface area contributed by atoms with Crippen LogP contribution >= 0.6 is 11.6 Å². The number of nitrogens with zero attached hydrogens (tertiary/aromatic N) is 2. The molecule has 0 saturated carbocycles. The Labute approximate surface area is 175 Å². The van der Waals surface area contributed by atoms with Crippen molar-refractivity contribution in [2.45, 2.75) is 20.3 Å². The van der Waals surface area contributed by atoms with E-state index in [9.17, 15) is 9.59 Å². The van der Waals surface area contributed by atoms with E-state index in [-0.39, 0.29) is 18.4 Å². The second kappa shape index (κ2) is 9.09. The van der Waals surface area contributed by atoms with Crippen LogP contribution in [0.2, 0.25) is 5.02 Å². The molecule has 2 aromatic carbocycles. The Hall–Kier alpha value is -2.86. The summed E-state index contributed by atoms with van der Waals surface area (Å²) in [7, 11) is 0. The summed E-state index contributed by atoms with van der Waals surface area (Å²) in [5, 5.41) is 9.71. The number of anilines is 1. The predicted octanol–water partition coefficient (Wildman–Crippen LogP) is 3.96. The number of benzene rings is 2. The van der Waals surface area contributed by atoms with E-state index in [0.29, 0.717) is 36.0 Å². The van der Waals surface area contributed by atoms with Crippen molar-refractivity contribution in [1.29, 1.82) is 0 Å². The average Bonchev–Trinajstić information content (AvgIpc) is 3.10. The molecule has 1 aliphatic rings. The molecular weight excluding hydrogens is 390 g/mol. The molecular formula is C22H24ClN3O3. The van der Waals surface area contributed by atoms with E-state index in [4.69, 9.17) is 16.3 Å². The molecule has 1 heterocycles. The van der Waals surface area contributed by atoms with Gasteiger partial charge in [-0.1, -0.05) is 48.9 Å². The lowest BCUT2D eigenvalue weighted by Crippen LogP contribution is -2.43. The van der Waals surface area contributed by atoms with Gasteiger partial charge in [-0.3, -0.25) is 14.6 Å². The number of amides is 1. The monoisotopic (exact) mass is 413 g/mol. The molecule has 6 nitrogen and oxygen atoms in total. The summed E-state index contributed by atoms with van der Waals surface area (Å²) < 4.78 is 5.37. The average molecular weight is 414 g/mol. The molecule has 1 amide bonds.